The van der Waals surface area contributed by atoms with Crippen LogP contribution in [0.25, 0.3) is 0 Å². The van der Waals surface area contributed by atoms with Gasteiger partial charge in [-0.3, -0.25) is 4.90 Å². The summed E-state index contributed by atoms with van der Waals surface area (Å²) >= 11 is 0. The lowest BCUT2D eigenvalue weighted by atomic mass is 10.2. The minimum Gasteiger partial charge on any atom is -0.339 e. The molecule has 3 rings (SSSR count). The van der Waals surface area contributed by atoms with Gasteiger partial charge in [0.25, 0.3) is 0 Å². The Hall–Kier alpha value is -2.41. The van der Waals surface area contributed by atoms with Gasteiger partial charge < -0.3 is 14.7 Å². The molecule has 7 heteroatoms. The average Bonchev–Trinajstić information content (AvgIpc) is 3.16. The Kier molecular flexibility index (Phi) is 6.81. The van der Waals surface area contributed by atoms with E-state index in [0.29, 0.717) is 18.9 Å². The molecule has 1 fully saturated rings. The molecule has 1 saturated heterocycles. The van der Waals surface area contributed by atoms with Crippen LogP contribution in [0, 0.1) is 0 Å². The van der Waals surface area contributed by atoms with Gasteiger partial charge in [0, 0.05) is 51.6 Å². The lowest BCUT2D eigenvalue weighted by Crippen LogP contribution is -2.51. The Morgan fingerprint density at radius 2 is 1.93 bits per heavy atom. The quantitative estimate of drug-likeness (QED) is 0.758. The highest BCUT2D eigenvalue weighted by Gasteiger charge is 2.20. The summed E-state index contributed by atoms with van der Waals surface area (Å²) in [6.07, 6.45) is 1.48. The van der Waals surface area contributed by atoms with E-state index >= 15 is 0 Å². The van der Waals surface area contributed by atoms with E-state index in [9.17, 15) is 4.79 Å². The molecular formula is C20H29N5O2. The van der Waals surface area contributed by atoms with Crippen LogP contribution in [0.3, 0.4) is 0 Å². The molecule has 0 saturated carbocycles. The Morgan fingerprint density at radius 1 is 1.19 bits per heavy atom. The van der Waals surface area contributed by atoms with Crippen LogP contribution in [0.2, 0.25) is 0 Å². The van der Waals surface area contributed by atoms with Crippen LogP contribution in [0.1, 0.15) is 43.5 Å². The van der Waals surface area contributed by atoms with E-state index in [1.807, 2.05) is 24.8 Å². The second kappa shape index (κ2) is 9.50. The van der Waals surface area contributed by atoms with Gasteiger partial charge in [-0.1, -0.05) is 49.3 Å². The minimum atomic E-state index is 0.0164. The maximum absolute atomic E-state index is 12.3. The first kappa shape index (κ1) is 19.4. The van der Waals surface area contributed by atoms with Crippen molar-refractivity contribution in [3.05, 3.63) is 47.6 Å². The molecule has 1 aliphatic rings. The summed E-state index contributed by atoms with van der Waals surface area (Å²) in [5.41, 5.74) is 1.32. The Balaban J connectivity index is 1.32. The molecule has 2 heterocycles. The topological polar surface area (TPSA) is 74.5 Å². The Morgan fingerprint density at radius 3 is 2.59 bits per heavy atom. The number of nitrogens with zero attached hydrogens (tertiary/aromatic N) is 4. The number of carbonyl (C=O) groups excluding carboxylic acids is 1. The summed E-state index contributed by atoms with van der Waals surface area (Å²) in [6.45, 7) is 8.97. The summed E-state index contributed by atoms with van der Waals surface area (Å²) in [5, 5.41) is 6.95. The third kappa shape index (κ3) is 5.79. The Labute approximate surface area is 160 Å². The van der Waals surface area contributed by atoms with Crippen LogP contribution in [-0.2, 0) is 13.0 Å². The van der Waals surface area contributed by atoms with Crippen LogP contribution < -0.4 is 5.32 Å². The van der Waals surface area contributed by atoms with Gasteiger partial charge in [-0.15, -0.1) is 0 Å². The number of hydrogen-bond donors (Lipinski definition) is 1. The summed E-state index contributed by atoms with van der Waals surface area (Å²) in [7, 11) is 0. The van der Waals surface area contributed by atoms with Crippen molar-refractivity contribution in [2.24, 2.45) is 0 Å². The molecule has 0 atom stereocenters. The van der Waals surface area contributed by atoms with Gasteiger partial charge in [0.05, 0.1) is 0 Å². The molecule has 1 aromatic heterocycles. The molecule has 0 aliphatic carbocycles. The zero-order valence-electron chi connectivity index (χ0n) is 16.2. The highest BCUT2D eigenvalue weighted by atomic mass is 16.5. The van der Waals surface area contributed by atoms with E-state index in [4.69, 9.17) is 4.52 Å². The fraction of sp³-hybridized carbons (Fsp3) is 0.550. The predicted octanol–water partition coefficient (Wildman–Crippen LogP) is 2.65. The van der Waals surface area contributed by atoms with Gasteiger partial charge in [-0.25, -0.2) is 4.79 Å². The van der Waals surface area contributed by atoms with E-state index in [0.717, 1.165) is 45.0 Å². The first-order chi connectivity index (χ1) is 13.1. The van der Waals surface area contributed by atoms with E-state index in [1.54, 1.807) is 0 Å². The summed E-state index contributed by atoms with van der Waals surface area (Å²) < 4.78 is 5.22. The normalized spacial score (nSPS) is 15.3. The number of carbonyl (C=O) groups is 1. The number of rotatable bonds is 7. The molecule has 1 aromatic carbocycles. The lowest BCUT2D eigenvalue weighted by molar-refractivity contribution is 0.135. The fourth-order valence-electron chi connectivity index (χ4n) is 3.10. The molecule has 0 bridgehead atoms. The molecule has 2 amide bonds. The first-order valence-electron chi connectivity index (χ1n) is 9.73. The molecule has 1 aliphatic heterocycles. The highest BCUT2D eigenvalue weighted by Crippen LogP contribution is 2.11. The van der Waals surface area contributed by atoms with Crippen molar-refractivity contribution in [1.82, 2.24) is 25.3 Å². The first-order valence-corrected chi connectivity index (χ1v) is 9.73. The number of nitrogens with one attached hydrogen (secondary N) is 1. The number of benzene rings is 1. The van der Waals surface area contributed by atoms with E-state index < -0.39 is 0 Å². The van der Waals surface area contributed by atoms with Crippen molar-refractivity contribution < 1.29 is 9.32 Å². The van der Waals surface area contributed by atoms with Gasteiger partial charge in [-0.2, -0.15) is 4.98 Å². The third-order valence-electron chi connectivity index (χ3n) is 4.75. The van der Waals surface area contributed by atoms with Gasteiger partial charge >= 0.3 is 6.03 Å². The monoisotopic (exact) mass is 371 g/mol. The molecule has 146 valence electrons. The molecule has 0 spiro atoms. The standard InChI is InChI=1S/C20H29N5O2/c1-16(2)19-22-18(27-23-19)9-6-10-21-20(26)25-13-11-24(12-14-25)15-17-7-4-3-5-8-17/h3-5,7-8,16H,6,9-15H2,1-2H3,(H,21,26). The van der Waals surface area contributed by atoms with Crippen LogP contribution in [-0.4, -0.2) is 58.7 Å². The number of amides is 2. The molecule has 7 nitrogen and oxygen atoms in total. The van der Waals surface area contributed by atoms with Crippen LogP contribution in [0.5, 0.6) is 0 Å². The number of piperazine rings is 1. The fourth-order valence-corrected chi connectivity index (χ4v) is 3.10. The van der Waals surface area contributed by atoms with Crippen molar-refractivity contribution in [3.8, 4) is 0 Å². The van der Waals surface area contributed by atoms with Crippen LogP contribution >= 0.6 is 0 Å². The second-order valence-electron chi connectivity index (χ2n) is 7.29. The number of aryl methyl sites for hydroxylation is 1. The van der Waals surface area contributed by atoms with Gasteiger partial charge in [0.2, 0.25) is 5.89 Å². The minimum absolute atomic E-state index is 0.0164. The third-order valence-corrected chi connectivity index (χ3v) is 4.75. The smallest absolute Gasteiger partial charge is 0.317 e. The number of hydrogen-bond acceptors (Lipinski definition) is 5. The maximum atomic E-state index is 12.3. The molecule has 1 N–H and O–H groups in total. The SMILES string of the molecule is CC(C)c1noc(CCCNC(=O)N2CCN(Cc3ccccc3)CC2)n1. The molecule has 27 heavy (non-hydrogen) atoms. The van der Waals surface area contributed by atoms with Gasteiger partial charge in [-0.05, 0) is 12.0 Å². The zero-order chi connectivity index (χ0) is 19.1. The van der Waals surface area contributed by atoms with Gasteiger partial charge in [0.15, 0.2) is 5.82 Å². The van der Waals surface area contributed by atoms with Crippen LogP contribution in [0.4, 0.5) is 4.79 Å². The summed E-state index contributed by atoms with van der Waals surface area (Å²) in [6, 6.07) is 10.5. The predicted molar refractivity (Wildman–Crippen MR) is 103 cm³/mol. The molecule has 0 unspecified atom stereocenters. The van der Waals surface area contributed by atoms with E-state index in [2.05, 4.69) is 44.6 Å². The van der Waals surface area contributed by atoms with E-state index in [1.165, 1.54) is 5.56 Å². The Bertz CT molecular complexity index is 708. The average molecular weight is 371 g/mol. The van der Waals surface area contributed by atoms with Crippen molar-refractivity contribution >= 4 is 6.03 Å². The molecule has 0 radical (unpaired) electrons. The lowest BCUT2D eigenvalue weighted by Gasteiger charge is -2.34. The van der Waals surface area contributed by atoms with Crippen molar-refractivity contribution in [2.45, 2.75) is 39.2 Å². The van der Waals surface area contributed by atoms with Crippen molar-refractivity contribution in [3.63, 3.8) is 0 Å². The second-order valence-corrected chi connectivity index (χ2v) is 7.29. The van der Waals surface area contributed by atoms with Gasteiger partial charge in [0.1, 0.15) is 0 Å². The van der Waals surface area contributed by atoms with Crippen molar-refractivity contribution in [2.75, 3.05) is 32.7 Å². The zero-order valence-corrected chi connectivity index (χ0v) is 16.2. The van der Waals surface area contributed by atoms with Crippen molar-refractivity contribution in [1.29, 1.82) is 0 Å². The molecule has 2 aromatic rings. The molecular weight excluding hydrogens is 342 g/mol. The highest BCUT2D eigenvalue weighted by molar-refractivity contribution is 5.74. The van der Waals surface area contributed by atoms with E-state index in [-0.39, 0.29) is 11.9 Å². The largest absolute Gasteiger partial charge is 0.339 e. The van der Waals surface area contributed by atoms with Crippen LogP contribution in [0.15, 0.2) is 34.9 Å². The maximum Gasteiger partial charge on any atom is 0.317 e. The summed E-state index contributed by atoms with van der Waals surface area (Å²) in [5.74, 6) is 1.65. The number of aromatic nitrogens is 2. The summed E-state index contributed by atoms with van der Waals surface area (Å²) in [4.78, 5) is 20.9. The number of urea groups is 1.